The van der Waals surface area contributed by atoms with Crippen LogP contribution >= 0.6 is 0 Å². The van der Waals surface area contributed by atoms with E-state index in [9.17, 15) is 26.7 Å². The zero-order valence-corrected chi connectivity index (χ0v) is 16.9. The molecular weight excluding hydrogens is 451 g/mol. The van der Waals surface area contributed by atoms with Gasteiger partial charge in [-0.05, 0) is 18.2 Å². The molecule has 1 aliphatic rings. The first kappa shape index (κ1) is 21.1. The fraction of sp³-hybridized carbons (Fsp3) is 0.300. The number of carbonyl (C=O) groups is 1. The summed E-state index contributed by atoms with van der Waals surface area (Å²) in [5, 5.41) is 3.41. The molecule has 0 fully saturated rings. The molecule has 33 heavy (non-hydrogen) atoms. The molecule has 1 N–H and O–H groups in total. The molecule has 1 amide bonds. The number of alkyl halides is 5. The predicted octanol–water partition coefficient (Wildman–Crippen LogP) is 4.03. The third-order valence-corrected chi connectivity index (χ3v) is 5.51. The second-order valence-electron chi connectivity index (χ2n) is 7.50. The molecule has 0 saturated heterocycles. The topological polar surface area (TPSA) is 92.8 Å². The lowest BCUT2D eigenvalue weighted by molar-refractivity contribution is -0.136. The summed E-state index contributed by atoms with van der Waals surface area (Å²) in [7, 11) is 1.31. The summed E-state index contributed by atoms with van der Waals surface area (Å²) >= 11 is 0. The van der Waals surface area contributed by atoms with Crippen molar-refractivity contribution in [2.75, 3.05) is 6.54 Å². The molecule has 0 radical (unpaired) electrons. The van der Waals surface area contributed by atoms with Gasteiger partial charge in [-0.3, -0.25) is 4.79 Å². The molecule has 1 atom stereocenters. The number of benzene rings is 1. The van der Waals surface area contributed by atoms with E-state index in [1.54, 1.807) is 0 Å². The largest absolute Gasteiger partial charge is 0.458 e. The summed E-state index contributed by atoms with van der Waals surface area (Å²) in [5.41, 5.74) is 0.194. The van der Waals surface area contributed by atoms with E-state index in [2.05, 4.69) is 20.1 Å². The molecule has 3 aromatic heterocycles. The lowest BCUT2D eigenvalue weighted by Crippen LogP contribution is -2.41. The number of carbonyl (C=O) groups excluding carboxylic acids is 1. The van der Waals surface area contributed by atoms with E-state index in [1.165, 1.54) is 36.5 Å². The second kappa shape index (κ2) is 7.39. The van der Waals surface area contributed by atoms with Gasteiger partial charge in [0.15, 0.2) is 0 Å². The molecule has 8 nitrogen and oxygen atoms in total. The molecule has 0 aliphatic carbocycles. The third kappa shape index (κ3) is 3.43. The Balaban J connectivity index is 1.63. The number of aromatic amines is 1. The maximum absolute atomic E-state index is 13.5. The van der Waals surface area contributed by atoms with E-state index >= 15 is 0 Å². The summed E-state index contributed by atoms with van der Waals surface area (Å²) in [6.45, 7) is 0.124. The second-order valence-corrected chi connectivity index (χ2v) is 7.50. The van der Waals surface area contributed by atoms with E-state index < -0.39 is 35.9 Å². The van der Waals surface area contributed by atoms with Crippen molar-refractivity contribution in [2.45, 2.75) is 25.1 Å². The van der Waals surface area contributed by atoms with Gasteiger partial charge in [0, 0.05) is 31.1 Å². The average molecular weight is 466 g/mol. The van der Waals surface area contributed by atoms with Gasteiger partial charge in [0.2, 0.25) is 11.6 Å². The fourth-order valence-corrected chi connectivity index (χ4v) is 4.06. The molecule has 5 rings (SSSR count). The van der Waals surface area contributed by atoms with Crippen LogP contribution in [0.4, 0.5) is 22.0 Å². The smallest absolute Gasteiger partial charge is 0.417 e. The first-order valence-corrected chi connectivity index (χ1v) is 9.77. The van der Waals surface area contributed by atoms with Gasteiger partial charge in [-0.1, -0.05) is 6.07 Å². The number of hydrogen-bond donors (Lipinski definition) is 1. The molecule has 0 bridgehead atoms. The Bertz CT molecular complexity index is 1350. The van der Waals surface area contributed by atoms with Gasteiger partial charge >= 0.3 is 6.18 Å². The molecule has 0 saturated carbocycles. The highest BCUT2D eigenvalue weighted by Crippen LogP contribution is 2.41. The van der Waals surface area contributed by atoms with Gasteiger partial charge in [-0.15, -0.1) is 5.10 Å². The lowest BCUT2D eigenvalue weighted by Gasteiger charge is -2.33. The van der Waals surface area contributed by atoms with Crippen LogP contribution in [0.3, 0.4) is 0 Å². The Morgan fingerprint density at radius 2 is 2.09 bits per heavy atom. The number of nitrogens with zero attached hydrogens (tertiary/aromatic N) is 5. The highest BCUT2D eigenvalue weighted by molar-refractivity contribution is 5.91. The Labute approximate surface area is 182 Å². The summed E-state index contributed by atoms with van der Waals surface area (Å²) in [6.07, 6.45) is -5.80. The molecule has 172 valence electrons. The summed E-state index contributed by atoms with van der Waals surface area (Å²) in [6, 6.07) is 3.80. The normalized spacial score (nSPS) is 16.6. The Morgan fingerprint density at radius 3 is 2.79 bits per heavy atom. The number of fused-ring (bicyclic) bond motifs is 2. The SMILES string of the molecule is Cn1nc(C(F)F)nc1C(=O)N1CCc2[nH]cnc2[C@@H]1c1cc2c(C(F)(F)F)cccc2o1. The van der Waals surface area contributed by atoms with E-state index in [0.717, 1.165) is 10.7 Å². The maximum Gasteiger partial charge on any atom is 0.417 e. The van der Waals surface area contributed by atoms with E-state index in [0.29, 0.717) is 17.8 Å². The Morgan fingerprint density at radius 1 is 1.30 bits per heavy atom. The van der Waals surface area contributed by atoms with E-state index in [-0.39, 0.29) is 29.1 Å². The number of nitrogens with one attached hydrogen (secondary N) is 1. The number of hydrogen-bond acceptors (Lipinski definition) is 5. The minimum Gasteiger partial charge on any atom is -0.458 e. The van der Waals surface area contributed by atoms with Crippen molar-refractivity contribution in [3.63, 3.8) is 0 Å². The number of imidazole rings is 1. The quantitative estimate of drug-likeness (QED) is 0.461. The number of aryl methyl sites for hydroxylation is 1. The van der Waals surface area contributed by atoms with Crippen molar-refractivity contribution in [3.05, 3.63) is 65.0 Å². The number of amides is 1. The number of halogens is 5. The first-order valence-electron chi connectivity index (χ1n) is 9.77. The van der Waals surface area contributed by atoms with Gasteiger partial charge in [0.1, 0.15) is 17.4 Å². The highest BCUT2D eigenvalue weighted by atomic mass is 19.4. The molecule has 0 unspecified atom stereocenters. The van der Waals surface area contributed by atoms with Gasteiger partial charge in [0.25, 0.3) is 12.3 Å². The number of aromatic nitrogens is 5. The number of furan rings is 1. The predicted molar refractivity (Wildman–Crippen MR) is 102 cm³/mol. The highest BCUT2D eigenvalue weighted by Gasteiger charge is 2.40. The summed E-state index contributed by atoms with van der Waals surface area (Å²) in [4.78, 5) is 25.4. The standard InChI is InChI=1S/C20H15F5N6O2/c1-30-18(28-17(29-30)16(21)22)19(32)31-6-5-11-14(27-8-26-11)15(31)13-7-9-10(20(23,24)25)3-2-4-12(9)33-13/h2-4,7-8,15-16H,5-6H2,1H3,(H,26,27)/t15-/m0/s1. The van der Waals surface area contributed by atoms with Crippen LogP contribution in [-0.2, 0) is 19.6 Å². The zero-order chi connectivity index (χ0) is 23.5. The summed E-state index contributed by atoms with van der Waals surface area (Å²) < 4.78 is 73.2. The summed E-state index contributed by atoms with van der Waals surface area (Å²) in [5.74, 6) is -1.80. The van der Waals surface area contributed by atoms with Crippen LogP contribution in [0.15, 0.2) is 35.0 Å². The minimum absolute atomic E-state index is 0.00599. The van der Waals surface area contributed by atoms with Gasteiger partial charge in [-0.25, -0.2) is 23.4 Å². The monoisotopic (exact) mass is 466 g/mol. The molecule has 1 aromatic carbocycles. The minimum atomic E-state index is -4.61. The zero-order valence-electron chi connectivity index (χ0n) is 16.9. The molecular formula is C20H15F5N6O2. The van der Waals surface area contributed by atoms with Crippen LogP contribution in [-0.4, -0.2) is 42.1 Å². The van der Waals surface area contributed by atoms with Gasteiger partial charge in [0.05, 0.1) is 17.6 Å². The van der Waals surface area contributed by atoms with Crippen LogP contribution < -0.4 is 0 Å². The Kier molecular flexibility index (Phi) is 4.72. The van der Waals surface area contributed by atoms with Crippen molar-refractivity contribution in [2.24, 2.45) is 7.05 Å². The van der Waals surface area contributed by atoms with Crippen LogP contribution in [0, 0.1) is 0 Å². The number of rotatable bonds is 3. The number of H-pyrrole nitrogens is 1. The van der Waals surface area contributed by atoms with Crippen LogP contribution in [0.5, 0.6) is 0 Å². The van der Waals surface area contributed by atoms with Crippen molar-refractivity contribution >= 4 is 16.9 Å². The molecule has 4 heterocycles. The van der Waals surface area contributed by atoms with Gasteiger partial charge < -0.3 is 14.3 Å². The molecule has 13 heteroatoms. The molecule has 1 aliphatic heterocycles. The Hall–Kier alpha value is -3.77. The van der Waals surface area contributed by atoms with Crippen LogP contribution in [0.1, 0.15) is 51.6 Å². The van der Waals surface area contributed by atoms with Crippen molar-refractivity contribution in [3.8, 4) is 0 Å². The van der Waals surface area contributed by atoms with Crippen molar-refractivity contribution in [1.29, 1.82) is 0 Å². The average Bonchev–Trinajstić information content (AvgIpc) is 3.48. The molecule has 0 spiro atoms. The van der Waals surface area contributed by atoms with E-state index in [1.807, 2.05) is 0 Å². The van der Waals surface area contributed by atoms with E-state index in [4.69, 9.17) is 4.42 Å². The third-order valence-electron chi connectivity index (χ3n) is 5.51. The van der Waals surface area contributed by atoms with Crippen LogP contribution in [0.2, 0.25) is 0 Å². The van der Waals surface area contributed by atoms with Gasteiger partial charge in [-0.2, -0.15) is 13.2 Å². The van der Waals surface area contributed by atoms with Crippen molar-refractivity contribution < 1.29 is 31.2 Å². The lowest BCUT2D eigenvalue weighted by atomic mass is 9.99. The van der Waals surface area contributed by atoms with Crippen molar-refractivity contribution in [1.82, 2.24) is 29.6 Å². The maximum atomic E-state index is 13.5. The van der Waals surface area contributed by atoms with Crippen LogP contribution in [0.25, 0.3) is 11.0 Å². The first-order chi connectivity index (χ1) is 15.6. The molecule has 4 aromatic rings. The fourth-order valence-electron chi connectivity index (χ4n) is 4.06.